The number of hydrogen-bond acceptors (Lipinski definition) is 3. The third-order valence-corrected chi connectivity index (χ3v) is 6.70. The molecule has 0 spiro atoms. The van der Waals surface area contributed by atoms with E-state index in [1.54, 1.807) is 0 Å². The first-order valence-electron chi connectivity index (χ1n) is 10.8. The molecule has 0 aromatic heterocycles. The molecular formula is C26H30N2O2. The molecule has 30 heavy (non-hydrogen) atoms. The number of benzene rings is 2. The summed E-state index contributed by atoms with van der Waals surface area (Å²) in [5, 5.41) is 0. The van der Waals surface area contributed by atoms with Crippen molar-refractivity contribution in [2.45, 2.75) is 47.5 Å². The van der Waals surface area contributed by atoms with E-state index in [-0.39, 0.29) is 11.8 Å². The van der Waals surface area contributed by atoms with E-state index in [0.29, 0.717) is 22.9 Å². The van der Waals surface area contributed by atoms with Crippen molar-refractivity contribution in [3.63, 3.8) is 0 Å². The number of imide groups is 1. The number of anilines is 1. The number of amides is 2. The molecule has 0 N–H and O–H groups in total. The maximum atomic E-state index is 13.6. The maximum Gasteiger partial charge on any atom is 0.282 e. The summed E-state index contributed by atoms with van der Waals surface area (Å²) in [6, 6.07) is 11.8. The van der Waals surface area contributed by atoms with Gasteiger partial charge in [-0.15, -0.1) is 0 Å². The number of aryl methyl sites for hydroxylation is 4. The van der Waals surface area contributed by atoms with Gasteiger partial charge in [-0.1, -0.05) is 31.2 Å². The van der Waals surface area contributed by atoms with Crippen molar-refractivity contribution in [1.82, 2.24) is 4.90 Å². The van der Waals surface area contributed by atoms with Crippen molar-refractivity contribution in [2.75, 3.05) is 18.0 Å². The van der Waals surface area contributed by atoms with Crippen LogP contribution in [0.15, 0.2) is 42.1 Å². The van der Waals surface area contributed by atoms with Crippen molar-refractivity contribution in [3.05, 3.63) is 69.9 Å². The topological polar surface area (TPSA) is 40.6 Å². The van der Waals surface area contributed by atoms with Gasteiger partial charge in [0.2, 0.25) is 0 Å². The predicted molar refractivity (Wildman–Crippen MR) is 121 cm³/mol. The summed E-state index contributed by atoms with van der Waals surface area (Å²) in [5.41, 5.74) is 7.09. The van der Waals surface area contributed by atoms with Gasteiger partial charge in [0.15, 0.2) is 0 Å². The highest BCUT2D eigenvalue weighted by Gasteiger charge is 2.43. The molecule has 1 saturated heterocycles. The van der Waals surface area contributed by atoms with Gasteiger partial charge in [-0.2, -0.15) is 0 Å². The molecule has 156 valence electrons. The van der Waals surface area contributed by atoms with E-state index < -0.39 is 0 Å². The Labute approximate surface area is 179 Å². The molecule has 0 aliphatic carbocycles. The molecule has 2 aliphatic rings. The van der Waals surface area contributed by atoms with E-state index >= 15 is 0 Å². The zero-order valence-corrected chi connectivity index (χ0v) is 18.6. The number of nitrogens with zero attached hydrogens (tertiary/aromatic N) is 2. The maximum absolute atomic E-state index is 13.6. The molecule has 4 nitrogen and oxygen atoms in total. The summed E-state index contributed by atoms with van der Waals surface area (Å²) in [7, 11) is 0. The van der Waals surface area contributed by atoms with Crippen LogP contribution in [0.2, 0.25) is 0 Å². The van der Waals surface area contributed by atoms with Crippen LogP contribution in [0, 0.1) is 33.6 Å². The third-order valence-electron chi connectivity index (χ3n) is 6.70. The van der Waals surface area contributed by atoms with Crippen LogP contribution >= 0.6 is 0 Å². The molecule has 2 aromatic carbocycles. The van der Waals surface area contributed by atoms with Crippen LogP contribution in [0.25, 0.3) is 5.57 Å². The van der Waals surface area contributed by atoms with E-state index in [1.165, 1.54) is 10.5 Å². The molecule has 0 saturated carbocycles. The summed E-state index contributed by atoms with van der Waals surface area (Å²) in [5.74, 6) is 0.223. The lowest BCUT2D eigenvalue weighted by molar-refractivity contribution is -0.120. The van der Waals surface area contributed by atoms with Crippen molar-refractivity contribution in [2.24, 2.45) is 5.92 Å². The third kappa shape index (κ3) is 3.45. The van der Waals surface area contributed by atoms with Gasteiger partial charge in [-0.3, -0.25) is 9.59 Å². The first-order valence-corrected chi connectivity index (χ1v) is 10.8. The van der Waals surface area contributed by atoms with Crippen molar-refractivity contribution in [1.29, 1.82) is 0 Å². The first kappa shape index (κ1) is 20.4. The molecule has 1 fully saturated rings. The Hall–Kier alpha value is -2.88. The highest BCUT2D eigenvalue weighted by atomic mass is 16.2. The Morgan fingerprint density at radius 1 is 0.767 bits per heavy atom. The Morgan fingerprint density at radius 3 is 1.97 bits per heavy atom. The van der Waals surface area contributed by atoms with Gasteiger partial charge in [0.25, 0.3) is 11.8 Å². The number of likely N-dealkylation sites (tertiary alicyclic amines) is 1. The van der Waals surface area contributed by atoms with Gasteiger partial charge in [0.05, 0.1) is 11.3 Å². The summed E-state index contributed by atoms with van der Waals surface area (Å²) >= 11 is 0. The molecule has 0 atom stereocenters. The molecule has 2 aromatic rings. The number of hydrogen-bond donors (Lipinski definition) is 0. The fraction of sp³-hybridized carbons (Fsp3) is 0.385. The molecule has 4 heteroatoms. The second-order valence-electron chi connectivity index (χ2n) is 8.91. The smallest absolute Gasteiger partial charge is 0.282 e. The van der Waals surface area contributed by atoms with E-state index in [0.717, 1.165) is 48.2 Å². The molecule has 2 heterocycles. The average Bonchev–Trinajstić information content (AvgIpc) is 2.97. The van der Waals surface area contributed by atoms with Crippen LogP contribution in [0.5, 0.6) is 0 Å². The van der Waals surface area contributed by atoms with E-state index in [9.17, 15) is 9.59 Å². The van der Waals surface area contributed by atoms with E-state index in [4.69, 9.17) is 0 Å². The summed E-state index contributed by atoms with van der Waals surface area (Å²) < 4.78 is 0. The number of rotatable bonds is 3. The van der Waals surface area contributed by atoms with Crippen molar-refractivity contribution >= 4 is 23.1 Å². The largest absolute Gasteiger partial charge is 0.366 e. The summed E-state index contributed by atoms with van der Waals surface area (Å²) in [6.45, 7) is 12.0. The second kappa shape index (κ2) is 7.75. The Morgan fingerprint density at radius 2 is 1.37 bits per heavy atom. The minimum absolute atomic E-state index is 0.203. The minimum atomic E-state index is -0.222. The van der Waals surface area contributed by atoms with Gasteiger partial charge in [0, 0.05) is 13.1 Å². The van der Waals surface area contributed by atoms with Gasteiger partial charge in [-0.25, -0.2) is 4.90 Å². The van der Waals surface area contributed by atoms with Crippen LogP contribution < -0.4 is 4.90 Å². The molecular weight excluding hydrogens is 372 g/mol. The lowest BCUT2D eigenvalue weighted by Crippen LogP contribution is -2.38. The number of piperidine rings is 1. The fourth-order valence-electron chi connectivity index (χ4n) is 4.30. The lowest BCUT2D eigenvalue weighted by atomic mass is 9.96. The van der Waals surface area contributed by atoms with Crippen LogP contribution in [0.1, 0.15) is 47.6 Å². The van der Waals surface area contributed by atoms with Crippen molar-refractivity contribution in [3.8, 4) is 0 Å². The molecule has 0 radical (unpaired) electrons. The van der Waals surface area contributed by atoms with E-state index in [1.807, 2.05) is 57.2 Å². The quantitative estimate of drug-likeness (QED) is 0.683. The molecule has 2 aliphatic heterocycles. The minimum Gasteiger partial charge on any atom is -0.366 e. The summed E-state index contributed by atoms with van der Waals surface area (Å²) in [4.78, 5) is 30.8. The molecule has 0 bridgehead atoms. The fourth-order valence-corrected chi connectivity index (χ4v) is 4.30. The van der Waals surface area contributed by atoms with Crippen LogP contribution in [0.3, 0.4) is 0 Å². The Kier molecular flexibility index (Phi) is 5.27. The molecule has 0 unspecified atom stereocenters. The van der Waals surface area contributed by atoms with Gasteiger partial charge in [0.1, 0.15) is 5.70 Å². The van der Waals surface area contributed by atoms with Gasteiger partial charge < -0.3 is 4.90 Å². The molecule has 2 amide bonds. The van der Waals surface area contributed by atoms with Gasteiger partial charge in [-0.05, 0) is 86.4 Å². The average molecular weight is 403 g/mol. The highest BCUT2D eigenvalue weighted by molar-refractivity contribution is 6.45. The monoisotopic (exact) mass is 402 g/mol. The summed E-state index contributed by atoms with van der Waals surface area (Å²) in [6.07, 6.45) is 2.07. The van der Waals surface area contributed by atoms with Gasteiger partial charge >= 0.3 is 0 Å². The SMILES string of the molecule is Cc1ccc(C2=C(N3CCC(C)CC3)C(=O)N(c3ccc(C)c(C)c3)C2=O)cc1C. The first-order chi connectivity index (χ1) is 14.3. The predicted octanol–water partition coefficient (Wildman–Crippen LogP) is 4.94. The van der Waals surface area contributed by atoms with Crippen LogP contribution in [-0.2, 0) is 9.59 Å². The van der Waals surface area contributed by atoms with E-state index in [2.05, 4.69) is 18.7 Å². The zero-order valence-electron chi connectivity index (χ0n) is 18.6. The highest BCUT2D eigenvalue weighted by Crippen LogP contribution is 2.37. The zero-order chi connectivity index (χ0) is 21.6. The molecule has 4 rings (SSSR count). The van der Waals surface area contributed by atoms with Crippen LogP contribution in [-0.4, -0.2) is 29.8 Å². The lowest BCUT2D eigenvalue weighted by Gasteiger charge is -2.32. The van der Waals surface area contributed by atoms with Crippen molar-refractivity contribution < 1.29 is 9.59 Å². The Bertz CT molecular complexity index is 1060. The normalized spacial score (nSPS) is 18.0. The number of carbonyl (C=O) groups is 2. The Balaban J connectivity index is 1.83. The number of carbonyl (C=O) groups excluding carboxylic acids is 2. The standard InChI is InChI=1S/C26H30N2O2/c1-16-10-12-27(13-11-16)24-23(21-8-6-17(2)19(4)14-21)25(29)28(26(24)30)22-9-7-18(3)20(5)15-22/h6-9,14-16H,10-13H2,1-5H3. The second-order valence-corrected chi connectivity index (χ2v) is 8.91. The van der Waals surface area contributed by atoms with Crippen LogP contribution in [0.4, 0.5) is 5.69 Å².